The zero-order valence-corrected chi connectivity index (χ0v) is 13.6. The molecule has 0 spiro atoms. The van der Waals surface area contributed by atoms with Crippen LogP contribution in [0.2, 0.25) is 0 Å². The molecule has 1 aromatic carbocycles. The first kappa shape index (κ1) is 15.5. The second kappa shape index (κ2) is 6.79. The molecule has 1 N–H and O–H groups in total. The molecule has 0 saturated carbocycles. The van der Waals surface area contributed by atoms with Crippen LogP contribution < -0.4 is 10.2 Å². The van der Waals surface area contributed by atoms with E-state index in [0.717, 1.165) is 37.4 Å². The molecule has 0 bridgehead atoms. The molecule has 2 heterocycles. The molecule has 1 aliphatic heterocycles. The summed E-state index contributed by atoms with van der Waals surface area (Å²) in [4.78, 5) is 21.0. The van der Waals surface area contributed by atoms with Gasteiger partial charge in [0.2, 0.25) is 0 Å². The minimum absolute atomic E-state index is 0.0359. The summed E-state index contributed by atoms with van der Waals surface area (Å²) in [6, 6.07) is 11.8. The van der Waals surface area contributed by atoms with Crippen LogP contribution >= 0.6 is 0 Å². The molecule has 2 aromatic rings. The summed E-state index contributed by atoms with van der Waals surface area (Å²) in [7, 11) is 4.07. The monoisotopic (exact) mass is 310 g/mol. The van der Waals surface area contributed by atoms with Gasteiger partial charge in [-0.2, -0.15) is 0 Å². The van der Waals surface area contributed by atoms with E-state index < -0.39 is 0 Å². The third kappa shape index (κ3) is 3.51. The van der Waals surface area contributed by atoms with E-state index in [4.69, 9.17) is 0 Å². The van der Waals surface area contributed by atoms with Crippen LogP contribution in [0.1, 0.15) is 16.1 Å². The van der Waals surface area contributed by atoms with Crippen LogP contribution in [0.15, 0.2) is 42.6 Å². The molecule has 0 fully saturated rings. The summed E-state index contributed by atoms with van der Waals surface area (Å²) < 4.78 is 0. The number of amides is 1. The molecule has 0 saturated heterocycles. The molecular weight excluding hydrogens is 288 g/mol. The number of benzene rings is 1. The van der Waals surface area contributed by atoms with Crippen LogP contribution in [-0.2, 0) is 6.42 Å². The van der Waals surface area contributed by atoms with E-state index >= 15 is 0 Å². The third-order valence-electron chi connectivity index (χ3n) is 4.00. The molecule has 1 amide bonds. The van der Waals surface area contributed by atoms with Crippen molar-refractivity contribution in [3.63, 3.8) is 0 Å². The van der Waals surface area contributed by atoms with E-state index in [-0.39, 0.29) is 5.91 Å². The molecule has 1 aliphatic rings. The highest BCUT2D eigenvalue weighted by Crippen LogP contribution is 2.28. The van der Waals surface area contributed by atoms with Crippen molar-refractivity contribution in [3.05, 3.63) is 53.9 Å². The van der Waals surface area contributed by atoms with Crippen molar-refractivity contribution in [2.24, 2.45) is 0 Å². The molecule has 0 aliphatic carbocycles. The third-order valence-corrected chi connectivity index (χ3v) is 4.00. The number of nitrogens with one attached hydrogen (secondary N) is 1. The standard InChI is InChI=1S/C18H22N4O/c1-21(2)12-10-19-15-7-9-20-16(13-15)18(23)22-11-8-14-5-3-4-6-17(14)22/h3-7,9,13H,8,10-12H2,1-2H3,(H,19,20). The lowest BCUT2D eigenvalue weighted by molar-refractivity contribution is 0.0984. The summed E-state index contributed by atoms with van der Waals surface area (Å²) in [6.07, 6.45) is 2.59. The van der Waals surface area contributed by atoms with Crippen molar-refractivity contribution in [1.29, 1.82) is 0 Å². The van der Waals surface area contributed by atoms with E-state index in [9.17, 15) is 4.79 Å². The van der Waals surface area contributed by atoms with Crippen LogP contribution in [0.5, 0.6) is 0 Å². The topological polar surface area (TPSA) is 48.5 Å². The summed E-state index contributed by atoms with van der Waals surface area (Å²) in [6.45, 7) is 2.49. The molecule has 5 heteroatoms. The van der Waals surface area contributed by atoms with Crippen LogP contribution in [-0.4, -0.2) is 49.5 Å². The smallest absolute Gasteiger partial charge is 0.276 e. The maximum Gasteiger partial charge on any atom is 0.276 e. The van der Waals surface area contributed by atoms with Crippen LogP contribution in [0.25, 0.3) is 0 Å². The Bertz CT molecular complexity index is 699. The number of nitrogens with zero attached hydrogens (tertiary/aromatic N) is 3. The fourth-order valence-corrected chi connectivity index (χ4v) is 2.77. The first-order valence-corrected chi connectivity index (χ1v) is 7.89. The Morgan fingerprint density at radius 2 is 2.13 bits per heavy atom. The average molecular weight is 310 g/mol. The molecule has 0 radical (unpaired) electrons. The van der Waals surface area contributed by atoms with Gasteiger partial charge in [-0.1, -0.05) is 18.2 Å². The zero-order chi connectivity index (χ0) is 16.2. The lowest BCUT2D eigenvalue weighted by Gasteiger charge is -2.17. The van der Waals surface area contributed by atoms with Gasteiger partial charge in [0.1, 0.15) is 5.69 Å². The molecule has 120 valence electrons. The Morgan fingerprint density at radius 3 is 2.96 bits per heavy atom. The fraction of sp³-hybridized carbons (Fsp3) is 0.333. The van der Waals surface area contributed by atoms with Crippen molar-refractivity contribution < 1.29 is 4.79 Å². The van der Waals surface area contributed by atoms with Crippen molar-refractivity contribution in [3.8, 4) is 0 Å². The normalized spacial score (nSPS) is 13.3. The number of carbonyl (C=O) groups excluding carboxylic acids is 1. The van der Waals surface area contributed by atoms with Crippen molar-refractivity contribution >= 4 is 17.3 Å². The number of aromatic nitrogens is 1. The summed E-state index contributed by atoms with van der Waals surface area (Å²) in [5.41, 5.74) is 3.64. The first-order valence-electron chi connectivity index (χ1n) is 7.89. The van der Waals surface area contributed by atoms with Crippen LogP contribution in [0, 0.1) is 0 Å². The predicted molar refractivity (Wildman–Crippen MR) is 93.1 cm³/mol. The average Bonchev–Trinajstić information content (AvgIpc) is 2.98. The highest BCUT2D eigenvalue weighted by Gasteiger charge is 2.25. The first-order chi connectivity index (χ1) is 11.1. The highest BCUT2D eigenvalue weighted by atomic mass is 16.2. The second-order valence-corrected chi connectivity index (χ2v) is 6.00. The zero-order valence-electron chi connectivity index (χ0n) is 13.6. The van der Waals surface area contributed by atoms with Gasteiger partial charge in [0, 0.05) is 37.2 Å². The number of pyridine rings is 1. The second-order valence-electron chi connectivity index (χ2n) is 6.00. The Hall–Kier alpha value is -2.40. The van der Waals surface area contributed by atoms with E-state index in [0.29, 0.717) is 5.69 Å². The number of anilines is 2. The van der Waals surface area contributed by atoms with Gasteiger partial charge in [-0.15, -0.1) is 0 Å². The number of carbonyl (C=O) groups is 1. The number of hydrogen-bond donors (Lipinski definition) is 1. The Kier molecular flexibility index (Phi) is 4.57. The van der Waals surface area contributed by atoms with Crippen LogP contribution in [0.4, 0.5) is 11.4 Å². The van der Waals surface area contributed by atoms with E-state index in [1.54, 1.807) is 6.20 Å². The molecule has 3 rings (SSSR count). The minimum Gasteiger partial charge on any atom is -0.384 e. The van der Waals surface area contributed by atoms with Crippen LogP contribution in [0.3, 0.4) is 0 Å². The summed E-state index contributed by atoms with van der Waals surface area (Å²) >= 11 is 0. The summed E-state index contributed by atoms with van der Waals surface area (Å²) in [5.74, 6) is -0.0359. The van der Waals surface area contributed by atoms with Gasteiger partial charge in [-0.25, -0.2) is 0 Å². The Balaban J connectivity index is 1.73. The number of para-hydroxylation sites is 1. The van der Waals surface area contributed by atoms with Gasteiger partial charge in [0.15, 0.2) is 0 Å². The minimum atomic E-state index is -0.0359. The van der Waals surface area contributed by atoms with Crippen molar-refractivity contribution in [2.45, 2.75) is 6.42 Å². The van der Waals surface area contributed by atoms with E-state index in [1.165, 1.54) is 5.56 Å². The number of rotatable bonds is 5. The number of hydrogen-bond acceptors (Lipinski definition) is 4. The molecule has 23 heavy (non-hydrogen) atoms. The highest BCUT2D eigenvalue weighted by molar-refractivity contribution is 6.06. The molecule has 0 atom stereocenters. The number of fused-ring (bicyclic) bond motifs is 1. The fourth-order valence-electron chi connectivity index (χ4n) is 2.77. The Morgan fingerprint density at radius 1 is 1.30 bits per heavy atom. The molecule has 1 aromatic heterocycles. The number of likely N-dealkylation sites (N-methyl/N-ethyl adjacent to an activating group) is 1. The van der Waals surface area contributed by atoms with Gasteiger partial charge in [0.25, 0.3) is 5.91 Å². The van der Waals surface area contributed by atoms with Crippen molar-refractivity contribution in [2.75, 3.05) is 43.9 Å². The van der Waals surface area contributed by atoms with Gasteiger partial charge in [-0.3, -0.25) is 9.78 Å². The summed E-state index contributed by atoms with van der Waals surface area (Å²) in [5, 5.41) is 3.33. The Labute approximate surface area is 136 Å². The SMILES string of the molecule is CN(C)CCNc1ccnc(C(=O)N2CCc3ccccc32)c1. The van der Waals surface area contributed by atoms with Gasteiger partial charge in [-0.05, 0) is 44.3 Å². The largest absolute Gasteiger partial charge is 0.384 e. The molecular formula is C18H22N4O. The molecule has 5 nitrogen and oxygen atoms in total. The van der Waals surface area contributed by atoms with Gasteiger partial charge >= 0.3 is 0 Å². The maximum atomic E-state index is 12.8. The van der Waals surface area contributed by atoms with Gasteiger partial charge in [0.05, 0.1) is 0 Å². The van der Waals surface area contributed by atoms with E-state index in [1.807, 2.05) is 49.3 Å². The molecule has 0 unspecified atom stereocenters. The predicted octanol–water partition coefficient (Wildman–Crippen LogP) is 2.26. The van der Waals surface area contributed by atoms with Gasteiger partial charge < -0.3 is 15.1 Å². The lowest BCUT2D eigenvalue weighted by atomic mass is 10.2. The lowest BCUT2D eigenvalue weighted by Crippen LogP contribution is -2.29. The van der Waals surface area contributed by atoms with E-state index in [2.05, 4.69) is 21.3 Å². The maximum absolute atomic E-state index is 12.8. The van der Waals surface area contributed by atoms with Crippen molar-refractivity contribution in [1.82, 2.24) is 9.88 Å². The quantitative estimate of drug-likeness (QED) is 0.920.